The van der Waals surface area contributed by atoms with Gasteiger partial charge >= 0.3 is 0 Å². The minimum atomic E-state index is -1.09. The number of methoxy groups -OCH3 is 1. The van der Waals surface area contributed by atoms with Gasteiger partial charge in [0.2, 0.25) is 0 Å². The first kappa shape index (κ1) is 9.43. The van der Waals surface area contributed by atoms with Crippen LogP contribution in [0.5, 0.6) is 5.75 Å². The summed E-state index contributed by atoms with van der Waals surface area (Å²) in [5.74, 6) is -0.372. The lowest BCUT2D eigenvalue weighted by molar-refractivity contribution is -0.185. The van der Waals surface area contributed by atoms with E-state index in [2.05, 4.69) is 0 Å². The Bertz CT molecular complexity index is 347. The molecule has 0 atom stereocenters. The first-order valence-corrected chi connectivity index (χ1v) is 4.30. The van der Waals surface area contributed by atoms with Gasteiger partial charge < -0.3 is 14.6 Å². The Hall–Kier alpha value is -1.13. The first-order chi connectivity index (χ1) is 6.67. The van der Waals surface area contributed by atoms with Crippen LogP contribution in [0.3, 0.4) is 0 Å². The number of hydrogen-bond donors (Lipinski definition) is 1. The van der Waals surface area contributed by atoms with Crippen molar-refractivity contribution >= 4 is 0 Å². The fraction of sp³-hybridized carbons (Fsp3) is 0.400. The van der Waals surface area contributed by atoms with Crippen molar-refractivity contribution in [2.24, 2.45) is 0 Å². The summed E-state index contributed by atoms with van der Waals surface area (Å²) in [7, 11) is 1.38. The molecular weight excluding hydrogens is 187 g/mol. The van der Waals surface area contributed by atoms with Gasteiger partial charge in [-0.15, -0.1) is 0 Å². The largest absolute Gasteiger partial charge is 0.493 e. The van der Waals surface area contributed by atoms with E-state index in [0.29, 0.717) is 5.56 Å². The first-order valence-electron chi connectivity index (χ1n) is 4.30. The highest BCUT2D eigenvalue weighted by Crippen LogP contribution is 2.36. The zero-order valence-corrected chi connectivity index (χ0v) is 7.79. The number of benzene rings is 1. The van der Waals surface area contributed by atoms with Crippen LogP contribution < -0.4 is 4.74 Å². The number of para-hydroxylation sites is 1. The standard InChI is InChI=1S/C10H11FO3/c1-13-9-7(3-2-4-8(9)11)10(12)5-14-6-10/h2-4,12H,5-6H2,1H3. The lowest BCUT2D eigenvalue weighted by atomic mass is 9.91. The third-order valence-electron chi connectivity index (χ3n) is 2.35. The fourth-order valence-electron chi connectivity index (χ4n) is 1.53. The highest BCUT2D eigenvalue weighted by Gasteiger charge is 2.40. The number of halogens is 1. The molecule has 0 spiro atoms. The van der Waals surface area contributed by atoms with Gasteiger partial charge in [0.15, 0.2) is 11.6 Å². The van der Waals surface area contributed by atoms with E-state index < -0.39 is 11.4 Å². The molecule has 2 rings (SSSR count). The van der Waals surface area contributed by atoms with Gasteiger partial charge in [-0.1, -0.05) is 12.1 Å². The molecule has 1 N–H and O–H groups in total. The van der Waals surface area contributed by atoms with E-state index in [1.807, 2.05) is 0 Å². The minimum absolute atomic E-state index is 0.0956. The van der Waals surface area contributed by atoms with E-state index in [1.165, 1.54) is 13.2 Å². The van der Waals surface area contributed by atoms with Gasteiger partial charge in [0.25, 0.3) is 0 Å². The topological polar surface area (TPSA) is 38.7 Å². The van der Waals surface area contributed by atoms with Gasteiger partial charge in [0, 0.05) is 5.56 Å². The van der Waals surface area contributed by atoms with Crippen LogP contribution in [-0.2, 0) is 10.3 Å². The van der Waals surface area contributed by atoms with Crippen molar-refractivity contribution in [3.63, 3.8) is 0 Å². The van der Waals surface area contributed by atoms with Gasteiger partial charge in [-0.3, -0.25) is 0 Å². The van der Waals surface area contributed by atoms with E-state index in [1.54, 1.807) is 12.1 Å². The Kier molecular flexibility index (Phi) is 2.17. The lowest BCUT2D eigenvalue weighted by Gasteiger charge is -2.37. The molecule has 76 valence electrons. The predicted octanol–water partition coefficient (Wildman–Crippen LogP) is 1.05. The quantitative estimate of drug-likeness (QED) is 0.772. The Morgan fingerprint density at radius 3 is 2.71 bits per heavy atom. The maximum Gasteiger partial charge on any atom is 0.165 e. The van der Waals surface area contributed by atoms with Gasteiger partial charge in [-0.2, -0.15) is 0 Å². The van der Waals surface area contributed by atoms with E-state index in [4.69, 9.17) is 9.47 Å². The molecule has 0 amide bonds. The van der Waals surface area contributed by atoms with E-state index in [9.17, 15) is 9.50 Å². The highest BCUT2D eigenvalue weighted by molar-refractivity contribution is 5.40. The molecule has 0 unspecified atom stereocenters. The van der Waals surface area contributed by atoms with Crippen molar-refractivity contribution in [1.29, 1.82) is 0 Å². The van der Waals surface area contributed by atoms with Crippen LogP contribution in [0, 0.1) is 5.82 Å². The smallest absolute Gasteiger partial charge is 0.165 e. The van der Waals surface area contributed by atoms with Crippen molar-refractivity contribution in [3.8, 4) is 5.75 Å². The highest BCUT2D eigenvalue weighted by atomic mass is 19.1. The second-order valence-electron chi connectivity index (χ2n) is 3.35. The molecule has 4 heteroatoms. The van der Waals surface area contributed by atoms with Crippen molar-refractivity contribution in [2.75, 3.05) is 20.3 Å². The maximum atomic E-state index is 13.3. The van der Waals surface area contributed by atoms with Crippen molar-refractivity contribution in [2.45, 2.75) is 5.60 Å². The third-order valence-corrected chi connectivity index (χ3v) is 2.35. The molecule has 1 aromatic carbocycles. The summed E-state index contributed by atoms with van der Waals surface area (Å²) in [4.78, 5) is 0. The molecule has 1 aliphatic rings. The van der Waals surface area contributed by atoms with Gasteiger partial charge in [0.1, 0.15) is 5.60 Å². The van der Waals surface area contributed by atoms with Gasteiger partial charge in [-0.05, 0) is 6.07 Å². The Labute approximate surface area is 81.1 Å². The van der Waals surface area contributed by atoms with Crippen LogP contribution in [0.1, 0.15) is 5.56 Å². The molecule has 0 bridgehead atoms. The molecule has 1 saturated heterocycles. The van der Waals surface area contributed by atoms with Crippen LogP contribution in [0.15, 0.2) is 18.2 Å². The third kappa shape index (κ3) is 1.27. The molecule has 1 aromatic rings. The molecular formula is C10H11FO3. The van der Waals surface area contributed by atoms with E-state index in [-0.39, 0.29) is 19.0 Å². The summed E-state index contributed by atoms with van der Waals surface area (Å²) in [5.41, 5.74) is -0.640. The molecule has 1 heterocycles. The van der Waals surface area contributed by atoms with Crippen LogP contribution in [0.25, 0.3) is 0 Å². The molecule has 0 saturated carbocycles. The second kappa shape index (κ2) is 3.22. The van der Waals surface area contributed by atoms with Crippen molar-refractivity contribution < 1.29 is 19.0 Å². The summed E-state index contributed by atoms with van der Waals surface area (Å²) in [5, 5.41) is 9.95. The molecule has 1 aliphatic heterocycles. The minimum Gasteiger partial charge on any atom is -0.493 e. The Morgan fingerprint density at radius 1 is 1.50 bits per heavy atom. The van der Waals surface area contributed by atoms with Crippen molar-refractivity contribution in [3.05, 3.63) is 29.6 Å². The second-order valence-corrected chi connectivity index (χ2v) is 3.35. The Morgan fingerprint density at radius 2 is 2.21 bits per heavy atom. The van der Waals surface area contributed by atoms with Crippen molar-refractivity contribution in [1.82, 2.24) is 0 Å². The average molecular weight is 198 g/mol. The maximum absolute atomic E-state index is 13.3. The predicted molar refractivity (Wildman–Crippen MR) is 47.7 cm³/mol. The molecule has 3 nitrogen and oxygen atoms in total. The zero-order valence-electron chi connectivity index (χ0n) is 7.79. The lowest BCUT2D eigenvalue weighted by Crippen LogP contribution is -2.46. The van der Waals surface area contributed by atoms with Crippen LogP contribution in [0.4, 0.5) is 4.39 Å². The van der Waals surface area contributed by atoms with E-state index >= 15 is 0 Å². The number of rotatable bonds is 2. The summed E-state index contributed by atoms with van der Waals surface area (Å²) in [6.45, 7) is 0.375. The normalized spacial score (nSPS) is 18.8. The van der Waals surface area contributed by atoms with Crippen LogP contribution in [-0.4, -0.2) is 25.4 Å². The van der Waals surface area contributed by atoms with E-state index in [0.717, 1.165) is 0 Å². The van der Waals surface area contributed by atoms with Gasteiger partial charge in [-0.25, -0.2) is 4.39 Å². The molecule has 0 radical (unpaired) electrons. The molecule has 14 heavy (non-hydrogen) atoms. The summed E-state index contributed by atoms with van der Waals surface area (Å²) < 4.78 is 23.1. The molecule has 0 aliphatic carbocycles. The molecule has 0 aromatic heterocycles. The Balaban J connectivity index is 2.46. The summed E-state index contributed by atoms with van der Waals surface area (Å²) >= 11 is 0. The van der Waals surface area contributed by atoms with Crippen LogP contribution >= 0.6 is 0 Å². The summed E-state index contributed by atoms with van der Waals surface area (Å²) in [6.07, 6.45) is 0. The van der Waals surface area contributed by atoms with Gasteiger partial charge in [0.05, 0.1) is 20.3 Å². The number of aliphatic hydroxyl groups is 1. The number of ether oxygens (including phenoxy) is 2. The monoisotopic (exact) mass is 198 g/mol. The number of hydrogen-bond acceptors (Lipinski definition) is 3. The molecule has 1 fully saturated rings. The van der Waals surface area contributed by atoms with Crippen LogP contribution in [0.2, 0.25) is 0 Å². The fourth-order valence-corrected chi connectivity index (χ4v) is 1.53. The zero-order chi connectivity index (χ0) is 10.2. The summed E-state index contributed by atoms with van der Waals surface area (Å²) in [6, 6.07) is 4.49. The average Bonchev–Trinajstić information content (AvgIpc) is 2.14. The SMILES string of the molecule is COc1c(F)cccc1C1(O)COC1.